The number of ether oxygens (including phenoxy) is 1. The summed E-state index contributed by atoms with van der Waals surface area (Å²) < 4.78 is 7.75. The molecule has 2 aromatic rings. The summed E-state index contributed by atoms with van der Waals surface area (Å²) in [4.78, 5) is 8.43. The van der Waals surface area contributed by atoms with E-state index in [1.807, 2.05) is 18.6 Å². The molecule has 5 nitrogen and oxygen atoms in total. The lowest BCUT2D eigenvalue weighted by molar-refractivity contribution is 0.0754. The molecule has 19 heavy (non-hydrogen) atoms. The molecular formula is C14H18N4O. The fourth-order valence-electron chi connectivity index (χ4n) is 2.90. The molecule has 3 rings (SSSR count). The molecule has 2 N–H and O–H groups in total. The molecule has 0 amide bonds. The summed E-state index contributed by atoms with van der Waals surface area (Å²) in [5.41, 5.74) is 8.71. The molecule has 1 saturated carbocycles. The van der Waals surface area contributed by atoms with Crippen molar-refractivity contribution in [1.82, 2.24) is 14.5 Å². The second kappa shape index (κ2) is 5.01. The van der Waals surface area contributed by atoms with Gasteiger partial charge in [0.2, 0.25) is 0 Å². The molecule has 0 bridgehead atoms. The first-order valence-corrected chi connectivity index (χ1v) is 6.55. The van der Waals surface area contributed by atoms with Crippen molar-refractivity contribution in [2.24, 2.45) is 0 Å². The van der Waals surface area contributed by atoms with Crippen molar-refractivity contribution < 1.29 is 4.74 Å². The van der Waals surface area contributed by atoms with Gasteiger partial charge >= 0.3 is 0 Å². The number of imidazole rings is 1. The van der Waals surface area contributed by atoms with Crippen LogP contribution in [-0.2, 0) is 4.74 Å². The van der Waals surface area contributed by atoms with Gasteiger partial charge in [0.1, 0.15) is 0 Å². The van der Waals surface area contributed by atoms with Gasteiger partial charge in [0, 0.05) is 30.8 Å². The Morgan fingerprint density at radius 3 is 3.00 bits per heavy atom. The molecule has 1 aliphatic rings. The minimum atomic E-state index is 0.255. The van der Waals surface area contributed by atoms with Crippen molar-refractivity contribution in [2.75, 3.05) is 12.8 Å². The highest BCUT2D eigenvalue weighted by atomic mass is 16.5. The third-order valence-corrected chi connectivity index (χ3v) is 3.87. The number of rotatable bonds is 3. The highest BCUT2D eigenvalue weighted by Crippen LogP contribution is 2.36. The quantitative estimate of drug-likeness (QED) is 0.917. The van der Waals surface area contributed by atoms with E-state index in [-0.39, 0.29) is 6.10 Å². The van der Waals surface area contributed by atoms with E-state index in [1.165, 1.54) is 6.42 Å². The molecule has 0 saturated heterocycles. The van der Waals surface area contributed by atoms with E-state index in [2.05, 4.69) is 14.5 Å². The van der Waals surface area contributed by atoms with E-state index in [9.17, 15) is 0 Å². The Labute approximate surface area is 112 Å². The number of aromatic nitrogens is 3. The van der Waals surface area contributed by atoms with E-state index >= 15 is 0 Å². The average molecular weight is 258 g/mol. The van der Waals surface area contributed by atoms with Crippen LogP contribution in [0.5, 0.6) is 0 Å². The second-order valence-corrected chi connectivity index (χ2v) is 4.92. The Morgan fingerprint density at radius 2 is 2.21 bits per heavy atom. The maximum Gasteiger partial charge on any atom is 0.0954 e. The molecule has 5 heteroatoms. The smallest absolute Gasteiger partial charge is 0.0954 e. The predicted molar refractivity (Wildman–Crippen MR) is 73.6 cm³/mol. The molecule has 0 radical (unpaired) electrons. The van der Waals surface area contributed by atoms with Crippen molar-refractivity contribution in [3.05, 3.63) is 31.0 Å². The number of pyridine rings is 1. The topological polar surface area (TPSA) is 66.0 Å². The van der Waals surface area contributed by atoms with E-state index < -0.39 is 0 Å². The fraction of sp³-hybridized carbons (Fsp3) is 0.429. The molecule has 100 valence electrons. The molecule has 0 spiro atoms. The number of methoxy groups -OCH3 is 1. The zero-order valence-electron chi connectivity index (χ0n) is 11.0. The minimum Gasteiger partial charge on any atom is -0.398 e. The first-order valence-electron chi connectivity index (χ1n) is 6.55. The second-order valence-electron chi connectivity index (χ2n) is 4.92. The lowest BCUT2D eigenvalue weighted by atomic mass is 10.1. The standard InChI is InChI=1S/C14H18N4O/c1-19-14-4-2-3-12(14)18-9-17-8-13(18)10-7-16-6-5-11(10)15/h5-9,12,14H,2-4H2,1H3,(H2,15,16). The number of nitrogens with two attached hydrogens (primary N) is 1. The van der Waals surface area contributed by atoms with Gasteiger partial charge in [-0.3, -0.25) is 4.98 Å². The van der Waals surface area contributed by atoms with Crippen LogP contribution in [0.25, 0.3) is 11.3 Å². The zero-order chi connectivity index (χ0) is 13.2. The summed E-state index contributed by atoms with van der Waals surface area (Å²) in [5.74, 6) is 0. The van der Waals surface area contributed by atoms with Crippen LogP contribution < -0.4 is 5.73 Å². The lowest BCUT2D eigenvalue weighted by Gasteiger charge is -2.22. The van der Waals surface area contributed by atoms with Crippen LogP contribution in [0, 0.1) is 0 Å². The average Bonchev–Trinajstić information content (AvgIpc) is 3.07. The Morgan fingerprint density at radius 1 is 1.32 bits per heavy atom. The van der Waals surface area contributed by atoms with Crippen LogP contribution in [0.4, 0.5) is 5.69 Å². The van der Waals surface area contributed by atoms with E-state index in [0.29, 0.717) is 6.04 Å². The summed E-state index contributed by atoms with van der Waals surface area (Å²) >= 11 is 0. The summed E-state index contributed by atoms with van der Waals surface area (Å²) in [7, 11) is 1.78. The Hall–Kier alpha value is -1.88. The van der Waals surface area contributed by atoms with Gasteiger partial charge in [-0.2, -0.15) is 0 Å². The van der Waals surface area contributed by atoms with Gasteiger partial charge in [-0.1, -0.05) is 0 Å². The zero-order valence-corrected chi connectivity index (χ0v) is 11.0. The Bertz CT molecular complexity index is 566. The van der Waals surface area contributed by atoms with E-state index in [0.717, 1.165) is 29.8 Å². The van der Waals surface area contributed by atoms with Crippen LogP contribution in [0.3, 0.4) is 0 Å². The van der Waals surface area contributed by atoms with Crippen molar-refractivity contribution in [3.63, 3.8) is 0 Å². The lowest BCUT2D eigenvalue weighted by Crippen LogP contribution is -2.20. The number of hydrogen-bond acceptors (Lipinski definition) is 4. The maximum absolute atomic E-state index is 6.03. The summed E-state index contributed by atoms with van der Waals surface area (Å²) in [5, 5.41) is 0. The molecule has 0 aliphatic heterocycles. The summed E-state index contributed by atoms with van der Waals surface area (Å²) in [6, 6.07) is 2.15. The maximum atomic E-state index is 6.03. The van der Waals surface area contributed by atoms with Crippen LogP contribution in [0.1, 0.15) is 25.3 Å². The monoisotopic (exact) mass is 258 g/mol. The largest absolute Gasteiger partial charge is 0.398 e. The highest BCUT2D eigenvalue weighted by Gasteiger charge is 2.30. The SMILES string of the molecule is COC1CCCC1n1cncc1-c1cnccc1N. The van der Waals surface area contributed by atoms with Gasteiger partial charge in [0.05, 0.1) is 30.4 Å². The fourth-order valence-corrected chi connectivity index (χ4v) is 2.90. The van der Waals surface area contributed by atoms with Crippen LogP contribution in [0.15, 0.2) is 31.0 Å². The first-order chi connectivity index (χ1) is 9.31. The number of nitrogen functional groups attached to an aromatic ring is 1. The van der Waals surface area contributed by atoms with Crippen molar-refractivity contribution in [3.8, 4) is 11.3 Å². The van der Waals surface area contributed by atoms with Gasteiger partial charge in [-0.25, -0.2) is 4.98 Å². The van der Waals surface area contributed by atoms with Gasteiger partial charge < -0.3 is 15.0 Å². The molecule has 1 aliphatic carbocycles. The van der Waals surface area contributed by atoms with Crippen molar-refractivity contribution >= 4 is 5.69 Å². The normalized spacial score (nSPS) is 22.8. The summed E-state index contributed by atoms with van der Waals surface area (Å²) in [6.07, 6.45) is 10.9. The van der Waals surface area contributed by atoms with Crippen molar-refractivity contribution in [2.45, 2.75) is 31.4 Å². The molecule has 2 aromatic heterocycles. The molecule has 2 atom stereocenters. The first kappa shape index (κ1) is 12.2. The molecule has 0 aromatic carbocycles. The predicted octanol–water partition coefficient (Wildman–Crippen LogP) is 2.27. The number of anilines is 1. The van der Waals surface area contributed by atoms with E-state index in [4.69, 9.17) is 10.5 Å². The molecule has 2 unspecified atom stereocenters. The molecular weight excluding hydrogens is 240 g/mol. The van der Waals surface area contributed by atoms with Gasteiger partial charge in [-0.05, 0) is 25.3 Å². The third-order valence-electron chi connectivity index (χ3n) is 3.87. The number of hydrogen-bond donors (Lipinski definition) is 1. The van der Waals surface area contributed by atoms with E-state index in [1.54, 1.807) is 19.5 Å². The Balaban J connectivity index is 2.01. The van der Waals surface area contributed by atoms with Gasteiger partial charge in [-0.15, -0.1) is 0 Å². The van der Waals surface area contributed by atoms with Crippen molar-refractivity contribution in [1.29, 1.82) is 0 Å². The third kappa shape index (κ3) is 2.10. The molecule has 1 fully saturated rings. The van der Waals surface area contributed by atoms with Crippen LogP contribution in [-0.4, -0.2) is 27.7 Å². The highest BCUT2D eigenvalue weighted by molar-refractivity contribution is 5.72. The van der Waals surface area contributed by atoms with Crippen LogP contribution in [0.2, 0.25) is 0 Å². The van der Waals surface area contributed by atoms with Crippen LogP contribution >= 0.6 is 0 Å². The molecule has 2 heterocycles. The van der Waals surface area contributed by atoms with Gasteiger partial charge in [0.15, 0.2) is 0 Å². The van der Waals surface area contributed by atoms with Gasteiger partial charge in [0.25, 0.3) is 0 Å². The summed E-state index contributed by atoms with van der Waals surface area (Å²) in [6.45, 7) is 0. The Kier molecular flexibility index (Phi) is 3.21. The minimum absolute atomic E-state index is 0.255. The number of nitrogens with zero attached hydrogens (tertiary/aromatic N) is 3.